The van der Waals surface area contributed by atoms with Crippen LogP contribution in [0.3, 0.4) is 0 Å². The van der Waals surface area contributed by atoms with Gasteiger partial charge in [-0.2, -0.15) is 0 Å². The first-order valence-electron chi connectivity index (χ1n) is 9.83. The van der Waals surface area contributed by atoms with Crippen molar-refractivity contribution in [2.24, 2.45) is 0 Å². The molecular weight excluding hydrogens is 378 g/mol. The summed E-state index contributed by atoms with van der Waals surface area (Å²) in [5.41, 5.74) is 1.28. The quantitative estimate of drug-likeness (QED) is 0.578. The predicted octanol–water partition coefficient (Wildman–Crippen LogP) is 2.85. The van der Waals surface area contributed by atoms with E-state index < -0.39 is 36.5 Å². The molecule has 0 spiro atoms. The van der Waals surface area contributed by atoms with E-state index in [0.717, 1.165) is 10.9 Å². The summed E-state index contributed by atoms with van der Waals surface area (Å²) in [6.07, 6.45) is -0.189. The van der Waals surface area contributed by atoms with E-state index in [0.29, 0.717) is 18.4 Å². The second-order valence-electron chi connectivity index (χ2n) is 7.44. The maximum atomic E-state index is 12.6. The summed E-state index contributed by atoms with van der Waals surface area (Å²) in [5.74, 6) is -1.32. The summed E-state index contributed by atoms with van der Waals surface area (Å²) in [6.45, 7) is 3.58. The van der Waals surface area contributed by atoms with E-state index in [2.05, 4.69) is 4.98 Å². The van der Waals surface area contributed by atoms with Crippen molar-refractivity contribution < 1.29 is 34.0 Å². The SMILES string of the molecule is C[C@H](CCCC(=O)O)O[C@@H]1O[C@@H](C)[C@H](OC(=O)c2c[nH]c3ccccc23)C[C@H]1O. The number of para-hydroxylation sites is 1. The normalized spacial score (nSPS) is 25.6. The van der Waals surface area contributed by atoms with E-state index in [1.165, 1.54) is 0 Å². The number of esters is 1. The van der Waals surface area contributed by atoms with E-state index in [1.54, 1.807) is 13.1 Å². The Morgan fingerprint density at radius 2 is 2.10 bits per heavy atom. The van der Waals surface area contributed by atoms with Gasteiger partial charge in [0.15, 0.2) is 6.29 Å². The molecule has 5 atom stereocenters. The number of fused-ring (bicyclic) bond motifs is 1. The topological polar surface area (TPSA) is 118 Å². The molecule has 1 saturated heterocycles. The number of hydrogen-bond acceptors (Lipinski definition) is 6. The average Bonchev–Trinajstić information content (AvgIpc) is 3.09. The Hall–Kier alpha value is -2.42. The number of carboxylic acid groups (broad SMARTS) is 1. The summed E-state index contributed by atoms with van der Waals surface area (Å²) in [5, 5.41) is 19.9. The zero-order valence-electron chi connectivity index (χ0n) is 16.5. The second-order valence-corrected chi connectivity index (χ2v) is 7.44. The number of ether oxygens (including phenoxy) is 3. The molecule has 1 aliphatic rings. The van der Waals surface area contributed by atoms with Gasteiger partial charge in [-0.1, -0.05) is 18.2 Å². The van der Waals surface area contributed by atoms with Crippen LogP contribution < -0.4 is 0 Å². The van der Waals surface area contributed by atoms with Crippen molar-refractivity contribution in [3.63, 3.8) is 0 Å². The predicted molar refractivity (Wildman–Crippen MR) is 104 cm³/mol. The molecular formula is C21H27NO7. The Morgan fingerprint density at radius 3 is 2.86 bits per heavy atom. The molecule has 1 aromatic heterocycles. The van der Waals surface area contributed by atoms with Crippen LogP contribution in [-0.2, 0) is 19.0 Å². The first kappa shape index (κ1) is 21.3. The fourth-order valence-corrected chi connectivity index (χ4v) is 3.48. The maximum absolute atomic E-state index is 12.6. The Balaban J connectivity index is 1.54. The highest BCUT2D eigenvalue weighted by Gasteiger charge is 2.38. The van der Waals surface area contributed by atoms with Crippen LogP contribution in [0.5, 0.6) is 0 Å². The molecule has 1 fully saturated rings. The number of carboxylic acids is 1. The van der Waals surface area contributed by atoms with Gasteiger partial charge >= 0.3 is 11.9 Å². The molecule has 1 aromatic carbocycles. The third-order valence-corrected chi connectivity index (χ3v) is 5.10. The lowest BCUT2D eigenvalue weighted by molar-refractivity contribution is -0.273. The lowest BCUT2D eigenvalue weighted by Gasteiger charge is -2.38. The molecule has 3 N–H and O–H groups in total. The molecule has 0 amide bonds. The highest BCUT2D eigenvalue weighted by molar-refractivity contribution is 6.04. The van der Waals surface area contributed by atoms with Gasteiger partial charge in [0.25, 0.3) is 0 Å². The Labute approximate surface area is 168 Å². The number of H-pyrrole nitrogens is 1. The van der Waals surface area contributed by atoms with Crippen molar-refractivity contribution in [2.75, 3.05) is 0 Å². The first-order valence-corrected chi connectivity index (χ1v) is 9.83. The minimum Gasteiger partial charge on any atom is -0.481 e. The van der Waals surface area contributed by atoms with E-state index >= 15 is 0 Å². The molecule has 0 unspecified atom stereocenters. The number of carbonyl (C=O) groups is 2. The molecule has 2 aromatic rings. The smallest absolute Gasteiger partial charge is 0.340 e. The van der Waals surface area contributed by atoms with Crippen molar-refractivity contribution in [3.8, 4) is 0 Å². The van der Waals surface area contributed by atoms with Crippen LogP contribution in [0.4, 0.5) is 0 Å². The molecule has 29 heavy (non-hydrogen) atoms. The van der Waals surface area contributed by atoms with Gasteiger partial charge in [0, 0.05) is 29.9 Å². The minimum atomic E-state index is -0.950. The highest BCUT2D eigenvalue weighted by Crippen LogP contribution is 2.27. The number of hydrogen-bond donors (Lipinski definition) is 3. The highest BCUT2D eigenvalue weighted by atomic mass is 16.7. The number of aromatic amines is 1. The summed E-state index contributed by atoms with van der Waals surface area (Å²) in [4.78, 5) is 26.3. The number of carbonyl (C=O) groups excluding carboxylic acids is 1. The largest absolute Gasteiger partial charge is 0.481 e. The summed E-state index contributed by atoms with van der Waals surface area (Å²) < 4.78 is 17.1. The molecule has 1 aliphatic heterocycles. The van der Waals surface area contributed by atoms with Gasteiger partial charge in [0.2, 0.25) is 0 Å². The van der Waals surface area contributed by atoms with Crippen LogP contribution in [0.2, 0.25) is 0 Å². The maximum Gasteiger partial charge on any atom is 0.340 e. The van der Waals surface area contributed by atoms with E-state index in [1.807, 2.05) is 31.2 Å². The number of benzene rings is 1. The number of nitrogens with one attached hydrogen (secondary N) is 1. The van der Waals surface area contributed by atoms with E-state index in [-0.39, 0.29) is 18.9 Å². The number of aliphatic carboxylic acids is 1. The fourth-order valence-electron chi connectivity index (χ4n) is 3.48. The van der Waals surface area contributed by atoms with E-state index in [4.69, 9.17) is 19.3 Å². The molecule has 158 valence electrons. The minimum absolute atomic E-state index is 0.0735. The zero-order chi connectivity index (χ0) is 21.0. The van der Waals surface area contributed by atoms with Crippen molar-refractivity contribution in [3.05, 3.63) is 36.0 Å². The van der Waals surface area contributed by atoms with Gasteiger partial charge in [0.05, 0.1) is 17.8 Å². The van der Waals surface area contributed by atoms with E-state index in [9.17, 15) is 14.7 Å². The monoisotopic (exact) mass is 405 g/mol. The number of rotatable bonds is 8. The third-order valence-electron chi connectivity index (χ3n) is 5.10. The molecule has 0 bridgehead atoms. The third kappa shape index (κ3) is 5.35. The van der Waals surface area contributed by atoms with Gasteiger partial charge in [-0.15, -0.1) is 0 Å². The fraction of sp³-hybridized carbons (Fsp3) is 0.524. The van der Waals surface area contributed by atoms with Crippen molar-refractivity contribution in [2.45, 2.75) is 70.2 Å². The molecule has 2 heterocycles. The zero-order valence-corrected chi connectivity index (χ0v) is 16.5. The molecule has 3 rings (SSSR count). The molecule has 0 saturated carbocycles. The number of aliphatic hydroxyl groups is 1. The first-order chi connectivity index (χ1) is 13.8. The number of aliphatic hydroxyl groups excluding tert-OH is 1. The Bertz CT molecular complexity index is 848. The molecule has 0 radical (unpaired) electrons. The summed E-state index contributed by atoms with van der Waals surface area (Å²) >= 11 is 0. The van der Waals surface area contributed by atoms with Crippen LogP contribution in [0.25, 0.3) is 10.9 Å². The molecule has 0 aliphatic carbocycles. The van der Waals surface area contributed by atoms with Crippen LogP contribution >= 0.6 is 0 Å². The van der Waals surface area contributed by atoms with Crippen molar-refractivity contribution >= 4 is 22.8 Å². The Morgan fingerprint density at radius 1 is 1.34 bits per heavy atom. The van der Waals surface area contributed by atoms with Crippen LogP contribution in [-0.4, -0.2) is 57.8 Å². The van der Waals surface area contributed by atoms with Gasteiger partial charge in [-0.25, -0.2) is 4.79 Å². The average molecular weight is 405 g/mol. The second kappa shape index (κ2) is 9.39. The van der Waals surface area contributed by atoms with Gasteiger partial charge in [0.1, 0.15) is 12.2 Å². The van der Waals surface area contributed by atoms with Crippen molar-refractivity contribution in [1.82, 2.24) is 4.98 Å². The standard InChI is InChI=1S/C21H27NO7/c1-12(6-5-9-19(24)25)27-21-17(23)10-18(13(2)28-21)29-20(26)15-11-22-16-8-4-3-7-14(15)16/h3-4,7-8,11-13,17-18,21-23H,5-6,9-10H2,1-2H3,(H,24,25)/t12-,13+,17-,18-,21-/m1/s1. The van der Waals surface area contributed by atoms with Crippen LogP contribution in [0.1, 0.15) is 49.9 Å². The van der Waals surface area contributed by atoms with Gasteiger partial charge < -0.3 is 29.4 Å². The van der Waals surface area contributed by atoms with Gasteiger partial charge in [-0.3, -0.25) is 4.79 Å². The molecule has 8 nitrogen and oxygen atoms in total. The van der Waals surface area contributed by atoms with Crippen molar-refractivity contribution in [1.29, 1.82) is 0 Å². The lowest BCUT2D eigenvalue weighted by Crippen LogP contribution is -2.49. The molecule has 8 heteroatoms. The summed E-state index contributed by atoms with van der Waals surface area (Å²) in [6, 6.07) is 7.45. The van der Waals surface area contributed by atoms with Crippen LogP contribution in [0.15, 0.2) is 30.5 Å². The lowest BCUT2D eigenvalue weighted by atomic mass is 10.0. The Kier molecular flexibility index (Phi) is 6.89. The summed E-state index contributed by atoms with van der Waals surface area (Å²) in [7, 11) is 0. The number of aromatic nitrogens is 1. The van der Waals surface area contributed by atoms with Crippen LogP contribution in [0, 0.1) is 0 Å². The van der Waals surface area contributed by atoms with Gasteiger partial charge in [-0.05, 0) is 32.8 Å².